The Morgan fingerprint density at radius 1 is 0.786 bits per heavy atom. The van der Waals surface area contributed by atoms with Crippen LogP contribution < -0.4 is 10.2 Å². The number of rotatable bonds is 8. The zero-order valence-corrected chi connectivity index (χ0v) is 37.4. The molecule has 10 nitrogen and oxygen atoms in total. The molecular weight excluding hydrogens is 862 g/mol. The van der Waals surface area contributed by atoms with Crippen LogP contribution in [0.1, 0.15) is 54.3 Å². The van der Waals surface area contributed by atoms with Crippen LogP contribution >= 0.6 is 22.7 Å². The normalized spacial score (nSPS) is 11.6. The minimum absolute atomic E-state index is 0. The molecule has 275 valence electrons. The van der Waals surface area contributed by atoms with E-state index in [4.69, 9.17) is 30.3 Å². The summed E-state index contributed by atoms with van der Waals surface area (Å²) in [7, 11) is 0. The third kappa shape index (κ3) is 7.49. The Hall–Kier alpha value is -4.93. The van der Waals surface area contributed by atoms with Crippen molar-refractivity contribution in [2.75, 3.05) is 10.2 Å². The number of aryl methyl sites for hydroxylation is 4. The van der Waals surface area contributed by atoms with E-state index in [1.54, 1.807) is 16.0 Å². The van der Waals surface area contributed by atoms with Gasteiger partial charge in [0.05, 0.1) is 26.1 Å². The number of pyridine rings is 1. The second-order valence-electron chi connectivity index (χ2n) is 14.4. The second kappa shape index (κ2) is 15.9. The molecule has 1 radical (unpaired) electrons. The zero-order valence-electron chi connectivity index (χ0n) is 32.1. The van der Waals surface area contributed by atoms with E-state index in [-0.39, 0.29) is 41.3 Å². The fourth-order valence-corrected chi connectivity index (χ4v) is 8.34. The fourth-order valence-electron chi connectivity index (χ4n) is 6.43. The molecule has 0 unspecified atom stereocenters. The number of azo groups is 1. The molecule has 0 aliphatic heterocycles. The van der Waals surface area contributed by atoms with Crippen molar-refractivity contribution in [2.45, 2.75) is 53.9 Å². The first kappa shape index (κ1) is 39.3. The molecule has 0 saturated carbocycles. The van der Waals surface area contributed by atoms with Crippen molar-refractivity contribution >= 4 is 82.8 Å². The summed E-state index contributed by atoms with van der Waals surface area (Å²) in [5, 5.41) is 30.2. The van der Waals surface area contributed by atoms with Gasteiger partial charge in [-0.25, -0.2) is 15.0 Å². The molecule has 13 heteroatoms. The molecule has 8 rings (SSSR count). The van der Waals surface area contributed by atoms with Crippen molar-refractivity contribution in [3.8, 4) is 11.2 Å². The molecular formula is C43H37N10PrS2-. The third-order valence-electron chi connectivity index (χ3n) is 9.25. The van der Waals surface area contributed by atoms with Crippen LogP contribution in [0.2, 0.25) is 0 Å². The molecule has 0 atom stereocenters. The maximum Gasteiger partial charge on any atom is 0.213 e. The number of hydrogen-bond donors (Lipinski definition) is 1. The molecule has 0 fully saturated rings. The summed E-state index contributed by atoms with van der Waals surface area (Å²) in [5.41, 5.74) is 8.49. The summed E-state index contributed by atoms with van der Waals surface area (Å²) in [4.78, 5) is 17.3. The van der Waals surface area contributed by atoms with Gasteiger partial charge in [-0.15, -0.1) is 15.8 Å². The van der Waals surface area contributed by atoms with E-state index in [0.29, 0.717) is 39.5 Å². The summed E-state index contributed by atoms with van der Waals surface area (Å²) in [6.45, 7) is 14.3. The zero-order chi connectivity index (χ0) is 38.4. The predicted octanol–water partition coefficient (Wildman–Crippen LogP) is 12.3. The second-order valence-corrected chi connectivity index (χ2v) is 16.4. The summed E-state index contributed by atoms with van der Waals surface area (Å²) in [5.74, 6) is 1.44. The molecule has 1 N–H and O–H groups in total. The van der Waals surface area contributed by atoms with Gasteiger partial charge in [-0.1, -0.05) is 98.5 Å². The summed E-state index contributed by atoms with van der Waals surface area (Å²) in [6.07, 6.45) is 0. The number of hydrogen-bond acceptors (Lipinski definition) is 11. The molecule has 0 bridgehead atoms. The van der Waals surface area contributed by atoms with E-state index in [1.807, 2.05) is 94.4 Å². The molecule has 4 heterocycles. The van der Waals surface area contributed by atoms with Gasteiger partial charge in [-0.2, -0.15) is 39.3 Å². The molecule has 0 saturated heterocycles. The molecule has 0 aliphatic rings. The number of para-hydroxylation sites is 4. The smallest absolute Gasteiger partial charge is 0.213 e. The van der Waals surface area contributed by atoms with Crippen molar-refractivity contribution in [1.29, 1.82) is 5.26 Å². The maximum absolute atomic E-state index is 10.6. The first-order valence-corrected chi connectivity index (χ1v) is 19.4. The number of benzene rings is 4. The molecule has 4 aromatic heterocycles. The molecule has 56 heavy (non-hydrogen) atoms. The van der Waals surface area contributed by atoms with Crippen LogP contribution in [0.5, 0.6) is 0 Å². The number of anilines is 5. The van der Waals surface area contributed by atoms with Crippen molar-refractivity contribution in [3.63, 3.8) is 0 Å². The van der Waals surface area contributed by atoms with Gasteiger partial charge in [0.1, 0.15) is 23.1 Å². The largest absolute Gasteiger partial charge is 0.338 e. The number of nitrogens with zero attached hydrogens (tertiary/aromatic N) is 9. The van der Waals surface area contributed by atoms with E-state index in [1.165, 1.54) is 11.3 Å². The van der Waals surface area contributed by atoms with Crippen molar-refractivity contribution in [2.24, 2.45) is 10.2 Å². The Morgan fingerprint density at radius 2 is 1.45 bits per heavy atom. The van der Waals surface area contributed by atoms with Crippen molar-refractivity contribution < 1.29 is 41.3 Å². The van der Waals surface area contributed by atoms with Gasteiger partial charge in [0.25, 0.3) is 0 Å². The average Bonchev–Trinajstić information content (AvgIpc) is 3.88. The first-order chi connectivity index (χ1) is 26.5. The Labute approximate surface area is 367 Å². The number of thiazole rings is 2. The van der Waals surface area contributed by atoms with E-state index in [2.05, 4.69) is 67.4 Å². The quantitative estimate of drug-likeness (QED) is 0.119. The standard InChI is InChI=1S/C43H37N10S2.Pr/c1-25-15-8-11-20-32(25)52(41-45-30-18-9-12-21-33(30)54-41)35-23-28(4)37(39(47-35)48-36-26(2)16-14-17-27(36)3)49-50-40-29(24-44)38(43(5,6)7)51-53(40)42-46-31-19-10-13-22-34(31)55-42;/h8-19,21-23H,1-7H3,(H,47,48);/q-1;. The van der Waals surface area contributed by atoms with Crippen LogP contribution in [-0.2, 0) is 5.41 Å². The topological polar surface area (TPSA) is 120 Å². The van der Waals surface area contributed by atoms with Gasteiger partial charge in [0.2, 0.25) is 5.13 Å². The van der Waals surface area contributed by atoms with E-state index < -0.39 is 5.41 Å². The van der Waals surface area contributed by atoms with Crippen LogP contribution in [-0.4, -0.2) is 24.7 Å². The first-order valence-electron chi connectivity index (χ1n) is 17.8. The van der Waals surface area contributed by atoms with Gasteiger partial charge in [0.15, 0.2) is 16.8 Å². The van der Waals surface area contributed by atoms with Crippen molar-refractivity contribution in [3.05, 3.63) is 131 Å². The Balaban J connectivity index is 0.00000480. The minimum atomic E-state index is -0.442. The van der Waals surface area contributed by atoms with Gasteiger partial charge in [-0.05, 0) is 67.8 Å². The number of fused-ring (bicyclic) bond motifs is 2. The van der Waals surface area contributed by atoms with Crippen LogP contribution in [0.4, 0.5) is 39.6 Å². The average molecular weight is 899 g/mol. The Bertz CT molecular complexity index is 2730. The van der Waals surface area contributed by atoms with Crippen LogP contribution in [0, 0.1) is 86.4 Å². The molecule has 0 spiro atoms. The van der Waals surface area contributed by atoms with E-state index in [0.717, 1.165) is 59.2 Å². The SMILES string of the molecule is Cc1ccc[c-]c1N(c1cc(C)c(N=Nc2c(C#N)c(C(C)(C)C)nn2-c2nc3ccccc3s2)c(Nc2c(C)cccc2C)n1)c1nc2ccccc2s1.[Pr]. The molecule has 0 amide bonds. The maximum atomic E-state index is 10.6. The van der Waals surface area contributed by atoms with Gasteiger partial charge < -0.3 is 5.32 Å². The van der Waals surface area contributed by atoms with Crippen molar-refractivity contribution in [1.82, 2.24) is 24.7 Å². The molecule has 4 aromatic carbocycles. The van der Waals surface area contributed by atoms with Crippen LogP contribution in [0.15, 0.2) is 101 Å². The number of nitriles is 1. The monoisotopic (exact) mass is 898 g/mol. The number of aromatic nitrogens is 5. The van der Waals surface area contributed by atoms with Gasteiger partial charge in [-0.3, -0.25) is 4.90 Å². The minimum Gasteiger partial charge on any atom is -0.338 e. The van der Waals surface area contributed by atoms with Gasteiger partial charge >= 0.3 is 0 Å². The fraction of sp³-hybridized carbons (Fsp3) is 0.186. The summed E-state index contributed by atoms with van der Waals surface area (Å²) < 4.78 is 3.72. The number of nitrogens with one attached hydrogen (secondary N) is 1. The Kier molecular flexibility index (Phi) is 11.2. The molecule has 0 aliphatic carbocycles. The van der Waals surface area contributed by atoms with Crippen LogP contribution in [0.25, 0.3) is 25.6 Å². The Morgan fingerprint density at radius 3 is 2.09 bits per heavy atom. The van der Waals surface area contributed by atoms with E-state index in [9.17, 15) is 5.26 Å². The van der Waals surface area contributed by atoms with Crippen LogP contribution in [0.3, 0.4) is 0 Å². The van der Waals surface area contributed by atoms with E-state index >= 15 is 0 Å². The summed E-state index contributed by atoms with van der Waals surface area (Å²) >= 11 is 3.08. The van der Waals surface area contributed by atoms with Gasteiger partial charge in [0, 0.05) is 52.4 Å². The summed E-state index contributed by atoms with van der Waals surface area (Å²) in [6, 6.07) is 36.0. The predicted molar refractivity (Wildman–Crippen MR) is 224 cm³/mol. The third-order valence-corrected chi connectivity index (χ3v) is 11.3. The molecule has 8 aromatic rings.